The van der Waals surface area contributed by atoms with Gasteiger partial charge < -0.3 is 5.11 Å². The average Bonchev–Trinajstić information content (AvgIpc) is 2.82. The molecule has 3 aliphatic rings. The average molecular weight is 194 g/mol. The lowest BCUT2D eigenvalue weighted by molar-refractivity contribution is -0.144. The standard InChI is InChI=1S/C12H18O2/c13-12(14)11-4-7-1-8(5-11)3-10-6-9(10)2-7/h7-11H,1-6H2,(H,13,14). The summed E-state index contributed by atoms with van der Waals surface area (Å²) in [5.41, 5.74) is 0. The summed E-state index contributed by atoms with van der Waals surface area (Å²) < 4.78 is 0. The number of carbonyl (C=O) groups is 1. The minimum absolute atomic E-state index is 0.0174. The molecule has 2 bridgehead atoms. The van der Waals surface area contributed by atoms with Crippen molar-refractivity contribution in [2.75, 3.05) is 0 Å². The van der Waals surface area contributed by atoms with Crippen molar-refractivity contribution in [3.05, 3.63) is 0 Å². The van der Waals surface area contributed by atoms with E-state index >= 15 is 0 Å². The Bertz CT molecular complexity index is 239. The Balaban J connectivity index is 1.74. The lowest BCUT2D eigenvalue weighted by Crippen LogP contribution is -2.27. The van der Waals surface area contributed by atoms with Crippen molar-refractivity contribution < 1.29 is 9.90 Å². The third-order valence-electron chi connectivity index (χ3n) is 4.59. The first-order valence-electron chi connectivity index (χ1n) is 5.95. The molecule has 1 N–H and O–H groups in total. The quantitative estimate of drug-likeness (QED) is 0.696. The zero-order valence-electron chi connectivity index (χ0n) is 8.48. The summed E-state index contributed by atoms with van der Waals surface area (Å²) in [5, 5.41) is 9.06. The highest BCUT2D eigenvalue weighted by atomic mass is 16.4. The molecule has 0 aliphatic heterocycles. The van der Waals surface area contributed by atoms with Gasteiger partial charge in [-0.05, 0) is 62.2 Å². The van der Waals surface area contributed by atoms with Crippen LogP contribution in [0.3, 0.4) is 0 Å². The van der Waals surface area contributed by atoms with E-state index in [1.165, 1.54) is 25.7 Å². The minimum Gasteiger partial charge on any atom is -0.481 e. The number of carboxylic acids is 1. The first-order valence-corrected chi connectivity index (χ1v) is 5.95. The predicted molar refractivity (Wildman–Crippen MR) is 52.8 cm³/mol. The van der Waals surface area contributed by atoms with Crippen LogP contribution in [0.15, 0.2) is 0 Å². The van der Waals surface area contributed by atoms with E-state index in [1.807, 2.05) is 0 Å². The van der Waals surface area contributed by atoms with Gasteiger partial charge in [0.1, 0.15) is 0 Å². The summed E-state index contributed by atoms with van der Waals surface area (Å²) >= 11 is 0. The second-order valence-corrected chi connectivity index (χ2v) is 5.70. The van der Waals surface area contributed by atoms with Gasteiger partial charge in [0.05, 0.1) is 5.92 Å². The molecule has 0 amide bonds. The second kappa shape index (κ2) is 2.98. The van der Waals surface area contributed by atoms with Gasteiger partial charge in [0, 0.05) is 0 Å². The zero-order valence-corrected chi connectivity index (χ0v) is 8.48. The van der Waals surface area contributed by atoms with Crippen LogP contribution in [-0.4, -0.2) is 11.1 Å². The fourth-order valence-corrected chi connectivity index (χ4v) is 3.90. The number of carboxylic acid groups (broad SMARTS) is 1. The molecule has 3 saturated carbocycles. The normalized spacial score (nSPS) is 50.4. The number of hydrogen-bond acceptors (Lipinski definition) is 1. The van der Waals surface area contributed by atoms with Crippen molar-refractivity contribution >= 4 is 5.97 Å². The molecule has 0 spiro atoms. The van der Waals surface area contributed by atoms with Crippen LogP contribution in [0.25, 0.3) is 0 Å². The first kappa shape index (κ1) is 8.75. The SMILES string of the molecule is O=C(O)C1CC2CC(C1)CC1CC1C2. The molecule has 14 heavy (non-hydrogen) atoms. The third kappa shape index (κ3) is 1.45. The molecule has 0 heterocycles. The maximum atomic E-state index is 11.0. The van der Waals surface area contributed by atoms with Crippen LogP contribution in [0, 0.1) is 29.6 Å². The highest BCUT2D eigenvalue weighted by molar-refractivity contribution is 5.70. The Labute approximate surface area is 84.7 Å². The lowest BCUT2D eigenvalue weighted by atomic mass is 9.73. The molecular weight excluding hydrogens is 176 g/mol. The monoisotopic (exact) mass is 194 g/mol. The predicted octanol–water partition coefficient (Wildman–Crippen LogP) is 2.53. The molecule has 2 nitrogen and oxygen atoms in total. The van der Waals surface area contributed by atoms with Gasteiger partial charge in [-0.25, -0.2) is 0 Å². The van der Waals surface area contributed by atoms with Gasteiger partial charge in [-0.1, -0.05) is 0 Å². The van der Waals surface area contributed by atoms with E-state index in [9.17, 15) is 4.79 Å². The van der Waals surface area contributed by atoms with Crippen molar-refractivity contribution in [3.8, 4) is 0 Å². The number of hydrogen-bond donors (Lipinski definition) is 1. The molecule has 3 rings (SSSR count). The topological polar surface area (TPSA) is 37.3 Å². The second-order valence-electron chi connectivity index (χ2n) is 5.70. The van der Waals surface area contributed by atoms with Gasteiger partial charge in [-0.3, -0.25) is 4.79 Å². The maximum absolute atomic E-state index is 11.0. The first-order chi connectivity index (χ1) is 6.72. The molecule has 0 aromatic carbocycles. The van der Waals surface area contributed by atoms with Crippen LogP contribution >= 0.6 is 0 Å². The summed E-state index contributed by atoms with van der Waals surface area (Å²) in [7, 11) is 0. The van der Waals surface area contributed by atoms with E-state index in [-0.39, 0.29) is 5.92 Å². The van der Waals surface area contributed by atoms with Crippen LogP contribution in [-0.2, 0) is 4.79 Å². The Morgan fingerprint density at radius 1 is 0.857 bits per heavy atom. The Kier molecular flexibility index (Phi) is 1.86. The molecule has 4 atom stereocenters. The summed E-state index contributed by atoms with van der Waals surface area (Å²) in [5.74, 6) is 2.89. The lowest BCUT2D eigenvalue weighted by Gasteiger charge is -2.31. The largest absolute Gasteiger partial charge is 0.481 e. The van der Waals surface area contributed by atoms with Crippen molar-refractivity contribution in [2.45, 2.75) is 38.5 Å². The summed E-state index contributed by atoms with van der Waals surface area (Å²) in [4.78, 5) is 11.0. The Hall–Kier alpha value is -0.530. The molecule has 4 unspecified atom stereocenters. The number of rotatable bonds is 1. The molecular formula is C12H18O2. The van der Waals surface area contributed by atoms with Crippen LogP contribution in [0.5, 0.6) is 0 Å². The summed E-state index contributed by atoms with van der Waals surface area (Å²) in [6.07, 6.45) is 7.39. The summed E-state index contributed by atoms with van der Waals surface area (Å²) in [6.45, 7) is 0. The van der Waals surface area contributed by atoms with Gasteiger partial charge in [0.15, 0.2) is 0 Å². The number of aliphatic carboxylic acids is 1. The fraction of sp³-hybridized carbons (Fsp3) is 0.917. The molecule has 3 fully saturated rings. The Morgan fingerprint density at radius 2 is 1.43 bits per heavy atom. The van der Waals surface area contributed by atoms with E-state index in [4.69, 9.17) is 5.11 Å². The highest BCUT2D eigenvalue weighted by Gasteiger charge is 2.46. The van der Waals surface area contributed by atoms with Gasteiger partial charge in [0.2, 0.25) is 0 Å². The van der Waals surface area contributed by atoms with E-state index in [0.717, 1.165) is 36.5 Å². The molecule has 3 aliphatic carbocycles. The third-order valence-corrected chi connectivity index (χ3v) is 4.59. The van der Waals surface area contributed by atoms with Crippen molar-refractivity contribution in [2.24, 2.45) is 29.6 Å². The summed E-state index contributed by atoms with van der Waals surface area (Å²) in [6, 6.07) is 0. The smallest absolute Gasteiger partial charge is 0.306 e. The van der Waals surface area contributed by atoms with Crippen molar-refractivity contribution in [3.63, 3.8) is 0 Å². The van der Waals surface area contributed by atoms with Gasteiger partial charge in [-0.15, -0.1) is 0 Å². The van der Waals surface area contributed by atoms with Crippen LogP contribution in [0.4, 0.5) is 0 Å². The van der Waals surface area contributed by atoms with E-state index in [2.05, 4.69) is 0 Å². The Morgan fingerprint density at radius 3 is 1.93 bits per heavy atom. The zero-order chi connectivity index (χ0) is 9.71. The van der Waals surface area contributed by atoms with E-state index < -0.39 is 5.97 Å². The van der Waals surface area contributed by atoms with Gasteiger partial charge in [0.25, 0.3) is 0 Å². The molecule has 0 radical (unpaired) electrons. The van der Waals surface area contributed by atoms with Crippen LogP contribution in [0.2, 0.25) is 0 Å². The molecule has 2 heteroatoms. The fourth-order valence-electron chi connectivity index (χ4n) is 3.90. The van der Waals surface area contributed by atoms with E-state index in [0.29, 0.717) is 0 Å². The van der Waals surface area contributed by atoms with Crippen molar-refractivity contribution in [1.29, 1.82) is 0 Å². The van der Waals surface area contributed by atoms with Crippen molar-refractivity contribution in [1.82, 2.24) is 0 Å². The molecule has 78 valence electrons. The van der Waals surface area contributed by atoms with E-state index in [1.54, 1.807) is 0 Å². The van der Waals surface area contributed by atoms with Crippen LogP contribution in [0.1, 0.15) is 38.5 Å². The number of fused-ring (bicyclic) bond motifs is 3. The van der Waals surface area contributed by atoms with Gasteiger partial charge in [-0.2, -0.15) is 0 Å². The molecule has 0 aromatic heterocycles. The molecule has 0 saturated heterocycles. The van der Waals surface area contributed by atoms with Gasteiger partial charge >= 0.3 is 5.97 Å². The highest BCUT2D eigenvalue weighted by Crippen LogP contribution is 2.55. The molecule has 0 aromatic rings. The maximum Gasteiger partial charge on any atom is 0.306 e. The van der Waals surface area contributed by atoms with Crippen LogP contribution < -0.4 is 0 Å². The minimum atomic E-state index is -0.546.